The van der Waals surface area contributed by atoms with Crippen LogP contribution in [0, 0.1) is 12.8 Å². The molecule has 0 aliphatic heterocycles. The van der Waals surface area contributed by atoms with Crippen LogP contribution in [0.5, 0.6) is 17.2 Å². The van der Waals surface area contributed by atoms with E-state index in [1.807, 2.05) is 45.0 Å². The van der Waals surface area contributed by atoms with E-state index in [1.165, 1.54) is 0 Å². The van der Waals surface area contributed by atoms with Crippen molar-refractivity contribution >= 4 is 11.8 Å². The summed E-state index contributed by atoms with van der Waals surface area (Å²) in [5.74, 6) is 0.969. The third-order valence-corrected chi connectivity index (χ3v) is 4.29. The van der Waals surface area contributed by atoms with E-state index in [4.69, 9.17) is 15.2 Å². The third kappa shape index (κ3) is 6.33. The van der Waals surface area contributed by atoms with Crippen molar-refractivity contribution in [2.75, 3.05) is 6.61 Å². The van der Waals surface area contributed by atoms with Gasteiger partial charge in [-0.2, -0.15) is 0 Å². The van der Waals surface area contributed by atoms with Crippen LogP contribution in [0.25, 0.3) is 0 Å². The minimum atomic E-state index is -0.698. The molecule has 0 saturated heterocycles. The van der Waals surface area contributed by atoms with Crippen molar-refractivity contribution in [3.63, 3.8) is 0 Å². The van der Waals surface area contributed by atoms with Crippen LogP contribution in [0.3, 0.4) is 0 Å². The normalized spacial score (nSPS) is 12.7. The summed E-state index contributed by atoms with van der Waals surface area (Å²) < 4.78 is 11.2. The zero-order valence-corrected chi connectivity index (χ0v) is 15.9. The fourth-order valence-corrected chi connectivity index (χ4v) is 2.44. The van der Waals surface area contributed by atoms with Gasteiger partial charge < -0.3 is 20.5 Å². The van der Waals surface area contributed by atoms with Crippen LogP contribution in [-0.2, 0) is 9.59 Å². The lowest BCUT2D eigenvalue weighted by Crippen LogP contribution is -2.49. The summed E-state index contributed by atoms with van der Waals surface area (Å²) in [5, 5.41) is 2.62. The molecule has 0 heterocycles. The van der Waals surface area contributed by atoms with Gasteiger partial charge >= 0.3 is 0 Å². The van der Waals surface area contributed by atoms with Crippen LogP contribution in [0.1, 0.15) is 25.8 Å². The Morgan fingerprint density at radius 3 is 2.04 bits per heavy atom. The predicted molar refractivity (Wildman–Crippen MR) is 104 cm³/mol. The Hall–Kier alpha value is -3.02. The molecule has 2 rings (SSSR count). The molecule has 2 amide bonds. The molecule has 0 fully saturated rings. The minimum Gasteiger partial charge on any atom is -0.484 e. The van der Waals surface area contributed by atoms with Crippen LogP contribution in [0.4, 0.5) is 0 Å². The van der Waals surface area contributed by atoms with Crippen molar-refractivity contribution in [1.82, 2.24) is 5.32 Å². The Morgan fingerprint density at radius 2 is 1.52 bits per heavy atom. The van der Waals surface area contributed by atoms with Gasteiger partial charge in [0.05, 0.1) is 0 Å². The highest BCUT2D eigenvalue weighted by Crippen LogP contribution is 2.24. The Morgan fingerprint density at radius 1 is 1.00 bits per heavy atom. The van der Waals surface area contributed by atoms with E-state index in [9.17, 15) is 9.59 Å². The van der Waals surface area contributed by atoms with Crippen molar-refractivity contribution in [3.8, 4) is 17.2 Å². The van der Waals surface area contributed by atoms with Crippen molar-refractivity contribution < 1.29 is 19.1 Å². The quantitative estimate of drug-likeness (QED) is 0.709. The van der Waals surface area contributed by atoms with E-state index in [2.05, 4.69) is 5.32 Å². The first-order valence-corrected chi connectivity index (χ1v) is 8.95. The van der Waals surface area contributed by atoms with Crippen LogP contribution >= 0.6 is 0 Å². The predicted octanol–water partition coefficient (Wildman–Crippen LogP) is 3.18. The lowest BCUT2D eigenvalue weighted by atomic mass is 9.99. The zero-order valence-electron chi connectivity index (χ0n) is 15.9. The second-order valence-corrected chi connectivity index (χ2v) is 6.51. The first kappa shape index (κ1) is 20.3. The molecular weight excluding hydrogens is 344 g/mol. The maximum Gasteiger partial charge on any atom is 0.258 e. The topological polar surface area (TPSA) is 90.7 Å². The molecule has 3 N–H and O–H groups in total. The van der Waals surface area contributed by atoms with E-state index < -0.39 is 11.9 Å². The summed E-state index contributed by atoms with van der Waals surface area (Å²) in [7, 11) is 0. The molecule has 0 bridgehead atoms. The maximum atomic E-state index is 12.0. The number of aryl methyl sites for hydroxylation is 1. The van der Waals surface area contributed by atoms with Gasteiger partial charge in [-0.3, -0.25) is 9.59 Å². The number of carbonyl (C=O) groups is 2. The van der Waals surface area contributed by atoms with Gasteiger partial charge in [0.25, 0.3) is 5.91 Å². The van der Waals surface area contributed by atoms with Gasteiger partial charge in [0.2, 0.25) is 5.91 Å². The van der Waals surface area contributed by atoms with Crippen molar-refractivity contribution in [2.24, 2.45) is 11.7 Å². The average molecular weight is 370 g/mol. The fourth-order valence-electron chi connectivity index (χ4n) is 2.44. The van der Waals surface area contributed by atoms with Crippen LogP contribution in [0.2, 0.25) is 0 Å². The second-order valence-electron chi connectivity index (χ2n) is 6.51. The van der Waals surface area contributed by atoms with Crippen LogP contribution in [-0.4, -0.2) is 24.5 Å². The van der Waals surface area contributed by atoms with E-state index in [0.717, 1.165) is 17.7 Å². The maximum absolute atomic E-state index is 12.0. The zero-order chi connectivity index (χ0) is 19.8. The average Bonchev–Trinajstić information content (AvgIpc) is 2.66. The van der Waals surface area contributed by atoms with Gasteiger partial charge in [0.1, 0.15) is 23.3 Å². The van der Waals surface area contributed by atoms with E-state index in [-0.39, 0.29) is 18.4 Å². The monoisotopic (exact) mass is 370 g/mol. The fraction of sp³-hybridized carbons (Fsp3) is 0.333. The third-order valence-electron chi connectivity index (χ3n) is 4.29. The Kier molecular flexibility index (Phi) is 7.23. The van der Waals surface area contributed by atoms with Crippen LogP contribution < -0.4 is 20.5 Å². The highest BCUT2D eigenvalue weighted by Gasteiger charge is 2.23. The molecule has 2 aromatic rings. The molecule has 0 saturated carbocycles. The minimum absolute atomic E-state index is 0.0374. The lowest BCUT2D eigenvalue weighted by Gasteiger charge is -2.21. The summed E-state index contributed by atoms with van der Waals surface area (Å²) in [6.07, 6.45) is 0.733. The summed E-state index contributed by atoms with van der Waals surface area (Å²) in [6.45, 7) is 5.62. The molecule has 144 valence electrons. The SMILES string of the molecule is CCC(C)C(NC(=O)COc1ccc(Oc2ccc(C)cc2)cc1)C(N)=O. The molecule has 27 heavy (non-hydrogen) atoms. The molecule has 0 aliphatic carbocycles. The standard InChI is InChI=1S/C21H26N2O4/c1-4-15(3)20(21(22)25)23-19(24)13-26-16-9-11-18(12-10-16)27-17-7-5-14(2)6-8-17/h5-12,15,20H,4,13H2,1-3H3,(H2,22,25)(H,23,24). The Labute approximate surface area is 159 Å². The lowest BCUT2D eigenvalue weighted by molar-refractivity contribution is -0.129. The Balaban J connectivity index is 1.86. The van der Waals surface area contributed by atoms with E-state index >= 15 is 0 Å². The number of ether oxygens (including phenoxy) is 2. The number of amides is 2. The Bertz CT molecular complexity index is 757. The highest BCUT2D eigenvalue weighted by atomic mass is 16.5. The number of benzene rings is 2. The molecule has 0 radical (unpaired) electrons. The van der Waals surface area contributed by atoms with Crippen molar-refractivity contribution in [1.29, 1.82) is 0 Å². The number of carbonyl (C=O) groups excluding carboxylic acids is 2. The van der Waals surface area contributed by atoms with Gasteiger partial charge in [-0.25, -0.2) is 0 Å². The van der Waals surface area contributed by atoms with Crippen molar-refractivity contribution in [2.45, 2.75) is 33.2 Å². The largest absolute Gasteiger partial charge is 0.484 e. The first-order chi connectivity index (χ1) is 12.9. The first-order valence-electron chi connectivity index (χ1n) is 8.95. The summed E-state index contributed by atoms with van der Waals surface area (Å²) >= 11 is 0. The number of hydrogen-bond acceptors (Lipinski definition) is 4. The molecule has 2 aromatic carbocycles. The highest BCUT2D eigenvalue weighted by molar-refractivity contribution is 5.87. The summed E-state index contributed by atoms with van der Waals surface area (Å²) in [4.78, 5) is 23.5. The summed E-state index contributed by atoms with van der Waals surface area (Å²) in [6, 6.07) is 14.0. The van der Waals surface area contributed by atoms with Gasteiger partial charge in [-0.05, 0) is 49.2 Å². The van der Waals surface area contributed by atoms with Gasteiger partial charge in [0.15, 0.2) is 6.61 Å². The van der Waals surface area contributed by atoms with Gasteiger partial charge in [0, 0.05) is 0 Å². The molecule has 6 nitrogen and oxygen atoms in total. The molecule has 0 aliphatic rings. The smallest absolute Gasteiger partial charge is 0.258 e. The number of nitrogens with two attached hydrogens (primary N) is 1. The van der Waals surface area contributed by atoms with Crippen molar-refractivity contribution in [3.05, 3.63) is 54.1 Å². The van der Waals surface area contributed by atoms with Gasteiger partial charge in [-0.1, -0.05) is 38.0 Å². The second kappa shape index (κ2) is 9.62. The van der Waals surface area contributed by atoms with E-state index in [0.29, 0.717) is 11.5 Å². The number of nitrogens with one attached hydrogen (secondary N) is 1. The molecular formula is C21H26N2O4. The van der Waals surface area contributed by atoms with Gasteiger partial charge in [-0.15, -0.1) is 0 Å². The molecule has 2 unspecified atom stereocenters. The molecule has 6 heteroatoms. The number of rotatable bonds is 9. The summed E-state index contributed by atoms with van der Waals surface area (Å²) in [5.41, 5.74) is 6.51. The molecule has 0 aromatic heterocycles. The number of primary amides is 1. The number of hydrogen-bond donors (Lipinski definition) is 2. The van der Waals surface area contributed by atoms with E-state index in [1.54, 1.807) is 24.3 Å². The van der Waals surface area contributed by atoms with Crippen LogP contribution in [0.15, 0.2) is 48.5 Å². The molecule has 2 atom stereocenters. The molecule has 0 spiro atoms.